The van der Waals surface area contributed by atoms with Crippen LogP contribution < -0.4 is 20.4 Å². The number of carbonyl (C=O) groups is 2. The molecule has 1 saturated heterocycles. The number of quaternary nitrogens is 2. The summed E-state index contributed by atoms with van der Waals surface area (Å²) in [5, 5.41) is 5.82. The fourth-order valence-electron chi connectivity index (χ4n) is 4.15. The first-order valence-electron chi connectivity index (χ1n) is 10.1. The van der Waals surface area contributed by atoms with Crippen LogP contribution in [0.2, 0.25) is 0 Å². The number of aryl methyl sites for hydroxylation is 2. The first kappa shape index (κ1) is 20.4. The molecule has 2 aliphatic rings. The van der Waals surface area contributed by atoms with Crippen LogP contribution >= 0.6 is 0 Å². The summed E-state index contributed by atoms with van der Waals surface area (Å²) in [5.41, 5.74) is 4.24. The minimum Gasteiger partial charge on any atom is -0.466 e. The van der Waals surface area contributed by atoms with Crippen LogP contribution in [0.15, 0.2) is 29.5 Å². The van der Waals surface area contributed by atoms with Gasteiger partial charge in [0.2, 0.25) is 0 Å². The van der Waals surface area contributed by atoms with Crippen molar-refractivity contribution in [3.05, 3.63) is 46.2 Å². The monoisotopic (exact) mass is 388 g/mol. The highest BCUT2D eigenvalue weighted by atomic mass is 16.5. The summed E-state index contributed by atoms with van der Waals surface area (Å²) < 4.78 is 5.10. The van der Waals surface area contributed by atoms with Gasteiger partial charge in [-0.1, -0.05) is 23.8 Å². The van der Waals surface area contributed by atoms with Crippen molar-refractivity contribution >= 4 is 12.0 Å². The Labute approximate surface area is 166 Å². The van der Waals surface area contributed by atoms with Crippen molar-refractivity contribution in [2.24, 2.45) is 0 Å². The number of piperazine rings is 1. The maximum Gasteiger partial charge on any atom is 0.338 e. The van der Waals surface area contributed by atoms with Crippen LogP contribution in [-0.2, 0) is 9.53 Å². The average Bonchev–Trinajstić information content (AvgIpc) is 2.69. The summed E-state index contributed by atoms with van der Waals surface area (Å²) in [4.78, 5) is 28.1. The molecule has 0 bridgehead atoms. The predicted molar refractivity (Wildman–Crippen MR) is 106 cm³/mol. The van der Waals surface area contributed by atoms with Crippen molar-refractivity contribution in [1.29, 1.82) is 0 Å². The molecule has 0 saturated carbocycles. The Morgan fingerprint density at radius 1 is 1.18 bits per heavy atom. The van der Waals surface area contributed by atoms with E-state index in [2.05, 4.69) is 17.6 Å². The summed E-state index contributed by atoms with van der Waals surface area (Å²) in [5.74, 6) is -0.398. The van der Waals surface area contributed by atoms with Gasteiger partial charge in [0.25, 0.3) is 0 Å². The first-order valence-corrected chi connectivity index (χ1v) is 10.1. The zero-order valence-corrected chi connectivity index (χ0v) is 17.3. The molecule has 1 fully saturated rings. The Bertz CT molecular complexity index is 782. The number of esters is 1. The molecule has 152 valence electrons. The van der Waals surface area contributed by atoms with Crippen molar-refractivity contribution < 1.29 is 24.1 Å². The standard InChI is InChI=1S/C21H30N4O3/c1-5-24-8-10-25(11-9-24)13-17-18(20(26)28-4)19(23-21(27)22-17)16-12-14(2)6-7-15(16)3/h6-7,12,19H,5,8-11,13H2,1-4H3,(H2,22,23,27)/p+2/t19-/m1/s1. The van der Waals surface area contributed by atoms with Gasteiger partial charge in [-0.2, -0.15) is 0 Å². The van der Waals surface area contributed by atoms with Gasteiger partial charge in [-0.15, -0.1) is 0 Å². The van der Waals surface area contributed by atoms with Crippen LogP contribution in [0.3, 0.4) is 0 Å². The lowest BCUT2D eigenvalue weighted by atomic mass is 9.91. The van der Waals surface area contributed by atoms with Gasteiger partial charge in [0.05, 0.1) is 31.0 Å². The Balaban J connectivity index is 1.95. The maximum atomic E-state index is 12.7. The minimum atomic E-state index is -0.502. The highest BCUT2D eigenvalue weighted by Crippen LogP contribution is 2.30. The number of rotatable bonds is 5. The summed E-state index contributed by atoms with van der Waals surface area (Å²) in [6.45, 7) is 12.2. The van der Waals surface area contributed by atoms with Gasteiger partial charge >= 0.3 is 12.0 Å². The van der Waals surface area contributed by atoms with Crippen molar-refractivity contribution in [3.63, 3.8) is 0 Å². The number of hydrogen-bond donors (Lipinski definition) is 4. The zero-order chi connectivity index (χ0) is 20.3. The fourth-order valence-corrected chi connectivity index (χ4v) is 4.15. The van der Waals surface area contributed by atoms with Gasteiger partial charge in [0.1, 0.15) is 32.7 Å². The van der Waals surface area contributed by atoms with Gasteiger partial charge in [0, 0.05) is 0 Å². The molecule has 0 spiro atoms. The van der Waals surface area contributed by atoms with Crippen molar-refractivity contribution in [3.8, 4) is 0 Å². The van der Waals surface area contributed by atoms with Gasteiger partial charge in [-0.3, -0.25) is 0 Å². The molecule has 3 rings (SSSR count). The Hall–Kier alpha value is -2.38. The number of urea groups is 1. The van der Waals surface area contributed by atoms with Crippen molar-refractivity contribution in [1.82, 2.24) is 10.6 Å². The largest absolute Gasteiger partial charge is 0.466 e. The Morgan fingerprint density at radius 3 is 2.50 bits per heavy atom. The molecule has 7 heteroatoms. The summed E-state index contributed by atoms with van der Waals surface area (Å²) >= 11 is 0. The van der Waals surface area contributed by atoms with E-state index in [4.69, 9.17) is 4.74 Å². The van der Waals surface area contributed by atoms with Crippen LogP contribution in [0.25, 0.3) is 0 Å². The van der Waals surface area contributed by atoms with Gasteiger partial charge < -0.3 is 25.2 Å². The van der Waals surface area contributed by atoms with Gasteiger partial charge in [0.15, 0.2) is 0 Å². The van der Waals surface area contributed by atoms with Crippen LogP contribution in [0.1, 0.15) is 29.7 Å². The van der Waals surface area contributed by atoms with Crippen LogP contribution in [0.4, 0.5) is 4.79 Å². The predicted octanol–water partition coefficient (Wildman–Crippen LogP) is -1.11. The van der Waals surface area contributed by atoms with E-state index in [-0.39, 0.29) is 6.03 Å². The molecule has 2 aliphatic heterocycles. The Morgan fingerprint density at radius 2 is 1.86 bits per heavy atom. The van der Waals surface area contributed by atoms with E-state index in [1.54, 1.807) is 4.90 Å². The SMILES string of the molecule is CC[NH+]1CC[NH+](CC2=C(C(=O)OC)[C@@H](c3cc(C)ccc3C)NC(=O)N2)CC1. The van der Waals surface area contributed by atoms with E-state index < -0.39 is 12.0 Å². The van der Waals surface area contributed by atoms with E-state index in [0.29, 0.717) is 17.8 Å². The molecule has 0 aromatic heterocycles. The average molecular weight is 389 g/mol. The summed E-state index contributed by atoms with van der Waals surface area (Å²) in [6.07, 6.45) is 0. The third kappa shape index (κ3) is 4.36. The van der Waals surface area contributed by atoms with Crippen LogP contribution in [0.5, 0.6) is 0 Å². The van der Waals surface area contributed by atoms with Gasteiger partial charge in [-0.25, -0.2) is 9.59 Å². The number of hydrogen-bond acceptors (Lipinski definition) is 3. The number of benzene rings is 1. The number of likely N-dealkylation sites (N-methyl/N-ethyl adjacent to an activating group) is 1. The quantitative estimate of drug-likeness (QED) is 0.483. The topological polar surface area (TPSA) is 76.3 Å². The summed E-state index contributed by atoms with van der Waals surface area (Å²) in [6, 6.07) is 5.31. The van der Waals surface area contributed by atoms with Crippen LogP contribution in [0, 0.1) is 13.8 Å². The van der Waals surface area contributed by atoms with E-state index in [1.807, 2.05) is 32.0 Å². The molecular formula is C21H32N4O3+2. The molecule has 2 amide bonds. The molecule has 1 atom stereocenters. The number of carbonyl (C=O) groups excluding carboxylic acids is 2. The first-order chi connectivity index (χ1) is 13.4. The minimum absolute atomic E-state index is 0.272. The molecule has 0 radical (unpaired) electrons. The number of ether oxygens (including phenoxy) is 1. The number of nitrogens with one attached hydrogen (secondary N) is 4. The van der Waals surface area contributed by atoms with Crippen molar-refractivity contribution in [2.75, 3.05) is 46.4 Å². The zero-order valence-electron chi connectivity index (χ0n) is 17.3. The molecule has 7 nitrogen and oxygen atoms in total. The lowest BCUT2D eigenvalue weighted by Crippen LogP contribution is -3.28. The second-order valence-corrected chi connectivity index (χ2v) is 7.81. The highest BCUT2D eigenvalue weighted by Gasteiger charge is 2.36. The highest BCUT2D eigenvalue weighted by molar-refractivity contribution is 5.95. The molecular weight excluding hydrogens is 356 g/mol. The fraction of sp³-hybridized carbons (Fsp3) is 0.524. The van der Waals surface area contributed by atoms with E-state index >= 15 is 0 Å². The second kappa shape index (κ2) is 8.75. The lowest BCUT2D eigenvalue weighted by Gasteiger charge is -2.33. The lowest BCUT2D eigenvalue weighted by molar-refractivity contribution is -1.01. The number of methoxy groups -OCH3 is 1. The molecule has 4 N–H and O–H groups in total. The third-order valence-corrected chi connectivity index (χ3v) is 5.90. The van der Waals surface area contributed by atoms with E-state index in [9.17, 15) is 9.59 Å². The maximum absolute atomic E-state index is 12.7. The number of amides is 2. The molecule has 0 aliphatic carbocycles. The third-order valence-electron chi connectivity index (χ3n) is 5.90. The molecule has 28 heavy (non-hydrogen) atoms. The molecule has 2 heterocycles. The van der Waals surface area contributed by atoms with E-state index in [0.717, 1.165) is 49.4 Å². The van der Waals surface area contributed by atoms with E-state index in [1.165, 1.54) is 12.0 Å². The smallest absolute Gasteiger partial charge is 0.338 e. The van der Waals surface area contributed by atoms with Crippen molar-refractivity contribution in [2.45, 2.75) is 26.8 Å². The summed E-state index contributed by atoms with van der Waals surface area (Å²) in [7, 11) is 1.39. The van der Waals surface area contributed by atoms with Gasteiger partial charge in [-0.05, 0) is 31.9 Å². The Kier molecular flexibility index (Phi) is 6.36. The molecule has 1 aromatic rings. The molecule has 1 aromatic carbocycles. The molecule has 0 unspecified atom stereocenters. The normalized spacial score (nSPS) is 25.1. The van der Waals surface area contributed by atoms with Crippen LogP contribution in [-0.4, -0.2) is 58.4 Å². The second-order valence-electron chi connectivity index (χ2n) is 7.81.